The number of H-pyrrole nitrogens is 1. The van der Waals surface area contributed by atoms with E-state index >= 15 is 0 Å². The Morgan fingerprint density at radius 3 is 2.92 bits per heavy atom. The molecule has 1 rings (SSSR count). The number of alkyl halides is 1. The Morgan fingerprint density at radius 1 is 1.77 bits per heavy atom. The molecule has 0 saturated heterocycles. The van der Waals surface area contributed by atoms with Crippen LogP contribution in [0.2, 0.25) is 0 Å². The van der Waals surface area contributed by atoms with E-state index in [1.807, 2.05) is 0 Å². The molecule has 0 bridgehead atoms. The summed E-state index contributed by atoms with van der Waals surface area (Å²) in [4.78, 5) is 14.8. The van der Waals surface area contributed by atoms with Gasteiger partial charge in [-0.15, -0.1) is 0 Å². The Bertz CT molecular complexity index is 277. The van der Waals surface area contributed by atoms with Crippen LogP contribution < -0.4 is 5.32 Å². The molecule has 1 amide bonds. The van der Waals surface area contributed by atoms with Gasteiger partial charge in [0.05, 0.1) is 6.54 Å². The average molecular weight is 186 g/mol. The van der Waals surface area contributed by atoms with Crippen LogP contribution in [0, 0.1) is 0 Å². The number of nitrogens with zero attached hydrogens (tertiary/aromatic N) is 2. The fourth-order valence-corrected chi connectivity index (χ4v) is 0.690. The van der Waals surface area contributed by atoms with Gasteiger partial charge in [-0.2, -0.15) is 5.10 Å². The molecule has 0 aliphatic carbocycles. The number of amides is 1. The van der Waals surface area contributed by atoms with Crippen LogP contribution in [0.3, 0.4) is 0 Å². The van der Waals surface area contributed by atoms with Crippen LogP contribution in [0.1, 0.15) is 19.7 Å². The lowest BCUT2D eigenvalue weighted by Crippen LogP contribution is -2.38. The van der Waals surface area contributed by atoms with Crippen molar-refractivity contribution in [2.45, 2.75) is 26.1 Å². The predicted octanol–water partition coefficient (Wildman–Crippen LogP) is 0.169. The van der Waals surface area contributed by atoms with E-state index in [9.17, 15) is 9.18 Å². The highest BCUT2D eigenvalue weighted by atomic mass is 19.1. The van der Waals surface area contributed by atoms with Crippen molar-refractivity contribution in [1.82, 2.24) is 20.5 Å². The summed E-state index contributed by atoms with van der Waals surface area (Å²) in [5.74, 6) is -0.165. The monoisotopic (exact) mass is 186 g/mol. The zero-order valence-corrected chi connectivity index (χ0v) is 7.47. The molecule has 2 N–H and O–H groups in total. The molecule has 72 valence electrons. The molecule has 0 unspecified atom stereocenters. The van der Waals surface area contributed by atoms with Crippen molar-refractivity contribution in [1.29, 1.82) is 0 Å². The molecule has 0 aliphatic rings. The Balaban J connectivity index is 2.40. The van der Waals surface area contributed by atoms with Crippen molar-refractivity contribution in [3.8, 4) is 0 Å². The van der Waals surface area contributed by atoms with Crippen LogP contribution in [0.15, 0.2) is 6.33 Å². The quantitative estimate of drug-likeness (QED) is 0.706. The van der Waals surface area contributed by atoms with E-state index in [0.29, 0.717) is 5.82 Å². The van der Waals surface area contributed by atoms with Crippen LogP contribution in [-0.2, 0) is 11.3 Å². The number of carbonyl (C=O) groups excluding carboxylic acids is 1. The van der Waals surface area contributed by atoms with Crippen molar-refractivity contribution in [2.24, 2.45) is 0 Å². The van der Waals surface area contributed by atoms with E-state index in [4.69, 9.17) is 0 Å². The molecular weight excluding hydrogens is 175 g/mol. The smallest absolute Gasteiger partial charge is 0.257 e. The van der Waals surface area contributed by atoms with Gasteiger partial charge in [0.1, 0.15) is 12.2 Å². The zero-order chi connectivity index (χ0) is 9.90. The molecule has 1 aromatic heterocycles. The second kappa shape index (κ2) is 3.51. The first-order chi connectivity index (χ1) is 6.00. The Labute approximate surface area is 74.7 Å². The highest BCUT2D eigenvalue weighted by Crippen LogP contribution is 2.07. The molecule has 6 heteroatoms. The van der Waals surface area contributed by atoms with Gasteiger partial charge in [0.2, 0.25) is 0 Å². The number of carbonyl (C=O) groups is 1. The van der Waals surface area contributed by atoms with Crippen LogP contribution >= 0.6 is 0 Å². The molecule has 0 radical (unpaired) electrons. The van der Waals surface area contributed by atoms with E-state index in [2.05, 4.69) is 20.5 Å². The van der Waals surface area contributed by atoms with Gasteiger partial charge in [0, 0.05) is 0 Å². The molecule has 1 heterocycles. The largest absolute Gasteiger partial charge is 0.346 e. The first-order valence-electron chi connectivity index (χ1n) is 3.81. The highest BCUT2D eigenvalue weighted by Gasteiger charge is 2.25. The SMILES string of the molecule is CC(C)(F)C(=O)NCc1ncn[nH]1. The maximum absolute atomic E-state index is 13.0. The van der Waals surface area contributed by atoms with Crippen LogP contribution in [0.5, 0.6) is 0 Å². The second-order valence-corrected chi connectivity index (χ2v) is 3.09. The lowest BCUT2D eigenvalue weighted by molar-refractivity contribution is -0.130. The molecule has 0 aliphatic heterocycles. The first-order valence-corrected chi connectivity index (χ1v) is 3.81. The molecule has 0 spiro atoms. The number of hydrogen-bond donors (Lipinski definition) is 2. The van der Waals surface area contributed by atoms with Crippen LogP contribution in [0.25, 0.3) is 0 Å². The van der Waals surface area contributed by atoms with E-state index in [-0.39, 0.29) is 6.54 Å². The van der Waals surface area contributed by atoms with E-state index in [0.717, 1.165) is 0 Å². The molecule has 0 aromatic carbocycles. The average Bonchev–Trinajstić information content (AvgIpc) is 2.50. The third kappa shape index (κ3) is 2.81. The normalized spacial score (nSPS) is 11.3. The second-order valence-electron chi connectivity index (χ2n) is 3.09. The third-order valence-electron chi connectivity index (χ3n) is 1.42. The number of halogens is 1. The predicted molar refractivity (Wildman–Crippen MR) is 43.4 cm³/mol. The summed E-state index contributed by atoms with van der Waals surface area (Å²) in [5, 5.41) is 8.50. The number of rotatable bonds is 3. The van der Waals surface area contributed by atoms with Crippen molar-refractivity contribution in [3.63, 3.8) is 0 Å². The fraction of sp³-hybridized carbons (Fsp3) is 0.571. The van der Waals surface area contributed by atoms with Gasteiger partial charge in [-0.25, -0.2) is 9.37 Å². The summed E-state index contributed by atoms with van der Waals surface area (Å²) in [6, 6.07) is 0. The topological polar surface area (TPSA) is 70.7 Å². The van der Waals surface area contributed by atoms with Gasteiger partial charge in [-0.05, 0) is 13.8 Å². The zero-order valence-electron chi connectivity index (χ0n) is 7.47. The molecule has 1 aromatic rings. The fourth-order valence-electron chi connectivity index (χ4n) is 0.690. The van der Waals surface area contributed by atoms with Crippen LogP contribution in [0.4, 0.5) is 4.39 Å². The first kappa shape index (κ1) is 9.63. The molecular formula is C7H11FN4O. The summed E-state index contributed by atoms with van der Waals surface area (Å²) in [6.07, 6.45) is 1.32. The Morgan fingerprint density at radius 2 is 2.46 bits per heavy atom. The lowest BCUT2D eigenvalue weighted by atomic mass is 10.1. The summed E-state index contributed by atoms with van der Waals surface area (Å²) in [7, 11) is 0. The maximum atomic E-state index is 13.0. The summed E-state index contributed by atoms with van der Waals surface area (Å²) in [6.45, 7) is 2.55. The summed E-state index contributed by atoms with van der Waals surface area (Å²) < 4.78 is 13.0. The highest BCUT2D eigenvalue weighted by molar-refractivity contribution is 5.83. The van der Waals surface area contributed by atoms with Crippen molar-refractivity contribution >= 4 is 5.91 Å². The van der Waals surface area contributed by atoms with Gasteiger partial charge in [-0.3, -0.25) is 9.89 Å². The van der Waals surface area contributed by atoms with E-state index in [1.54, 1.807) is 0 Å². The molecule has 0 fully saturated rings. The number of hydrogen-bond acceptors (Lipinski definition) is 3. The number of aromatic amines is 1. The lowest BCUT2D eigenvalue weighted by Gasteiger charge is -2.12. The van der Waals surface area contributed by atoms with Gasteiger partial charge in [0.15, 0.2) is 5.67 Å². The third-order valence-corrected chi connectivity index (χ3v) is 1.42. The standard InChI is InChI=1S/C7H11FN4O/c1-7(2,8)6(13)9-3-5-10-4-11-12-5/h4H,3H2,1-2H3,(H,9,13)(H,10,11,12). The summed E-state index contributed by atoms with van der Waals surface area (Å²) in [5.41, 5.74) is -1.86. The maximum Gasteiger partial charge on any atom is 0.257 e. The molecule has 13 heavy (non-hydrogen) atoms. The van der Waals surface area contributed by atoms with Crippen molar-refractivity contribution in [3.05, 3.63) is 12.2 Å². The van der Waals surface area contributed by atoms with Gasteiger partial charge in [0.25, 0.3) is 5.91 Å². The Hall–Kier alpha value is -1.46. The number of nitrogens with one attached hydrogen (secondary N) is 2. The molecule has 0 saturated carbocycles. The van der Waals surface area contributed by atoms with Gasteiger partial charge < -0.3 is 5.32 Å². The minimum atomic E-state index is -1.86. The van der Waals surface area contributed by atoms with Gasteiger partial charge >= 0.3 is 0 Å². The van der Waals surface area contributed by atoms with Crippen LogP contribution in [-0.4, -0.2) is 26.8 Å². The summed E-state index contributed by atoms with van der Waals surface area (Å²) >= 11 is 0. The minimum Gasteiger partial charge on any atom is -0.346 e. The molecule has 5 nitrogen and oxygen atoms in total. The van der Waals surface area contributed by atoms with E-state index < -0.39 is 11.6 Å². The van der Waals surface area contributed by atoms with Gasteiger partial charge in [-0.1, -0.05) is 0 Å². The Kier molecular flexibility index (Phi) is 2.60. The van der Waals surface area contributed by atoms with Crippen molar-refractivity contribution < 1.29 is 9.18 Å². The molecule has 0 atom stereocenters. The van der Waals surface area contributed by atoms with Crippen molar-refractivity contribution in [2.75, 3.05) is 0 Å². The number of aromatic nitrogens is 3. The minimum absolute atomic E-state index is 0.159. The van der Waals surface area contributed by atoms with E-state index in [1.165, 1.54) is 20.2 Å².